The van der Waals surface area contributed by atoms with Crippen LogP contribution in [-0.4, -0.2) is 6.54 Å². The average Bonchev–Trinajstić information content (AvgIpc) is 2.83. The Hall–Kier alpha value is -0.370. The number of halogens is 1. The third-order valence-corrected chi connectivity index (χ3v) is 4.53. The minimum Gasteiger partial charge on any atom is -0.311 e. The van der Waals surface area contributed by atoms with Crippen LogP contribution in [0.5, 0.6) is 0 Å². The standard InChI is InChI=1S/C11H13BrN2S/c12-9-5-10(15-7-9)6-14-8-11(1-2-11)3-4-13/h5,7,14H,1-3,6,8H2. The van der Waals surface area contributed by atoms with E-state index < -0.39 is 0 Å². The molecule has 1 saturated carbocycles. The summed E-state index contributed by atoms with van der Waals surface area (Å²) in [4.78, 5) is 1.34. The highest BCUT2D eigenvalue weighted by molar-refractivity contribution is 9.10. The molecule has 1 aromatic rings. The first-order chi connectivity index (χ1) is 7.24. The molecule has 1 fully saturated rings. The molecular weight excluding hydrogens is 272 g/mol. The molecule has 2 nitrogen and oxygen atoms in total. The molecule has 2 rings (SSSR count). The van der Waals surface area contributed by atoms with E-state index in [0.717, 1.165) is 17.6 Å². The van der Waals surface area contributed by atoms with Gasteiger partial charge in [0.1, 0.15) is 0 Å². The maximum absolute atomic E-state index is 8.68. The van der Waals surface area contributed by atoms with Crippen LogP contribution in [0.1, 0.15) is 24.1 Å². The van der Waals surface area contributed by atoms with Gasteiger partial charge >= 0.3 is 0 Å². The smallest absolute Gasteiger partial charge is 0.0628 e. The minimum absolute atomic E-state index is 0.309. The van der Waals surface area contributed by atoms with Crippen molar-refractivity contribution in [1.82, 2.24) is 5.32 Å². The first-order valence-corrected chi connectivity index (χ1v) is 6.72. The fourth-order valence-electron chi connectivity index (χ4n) is 1.66. The number of thiophene rings is 1. The summed E-state index contributed by atoms with van der Waals surface area (Å²) in [6.45, 7) is 1.90. The fraction of sp³-hybridized carbons (Fsp3) is 0.545. The molecule has 1 aliphatic carbocycles. The lowest BCUT2D eigenvalue weighted by molar-refractivity contribution is 0.468. The molecule has 0 atom stereocenters. The van der Waals surface area contributed by atoms with E-state index in [1.165, 1.54) is 17.7 Å². The SMILES string of the molecule is N#CCC1(CNCc2cc(Br)cs2)CC1. The third kappa shape index (κ3) is 3.04. The van der Waals surface area contributed by atoms with Crippen LogP contribution in [0.3, 0.4) is 0 Å². The fourth-order valence-corrected chi connectivity index (χ4v) is 3.08. The molecule has 0 aliphatic heterocycles. The van der Waals surface area contributed by atoms with Gasteiger partial charge < -0.3 is 5.32 Å². The van der Waals surface area contributed by atoms with Crippen LogP contribution in [0.15, 0.2) is 15.9 Å². The lowest BCUT2D eigenvalue weighted by Gasteiger charge is -2.11. The van der Waals surface area contributed by atoms with Crippen molar-refractivity contribution < 1.29 is 0 Å². The van der Waals surface area contributed by atoms with Gasteiger partial charge in [0, 0.05) is 34.2 Å². The van der Waals surface area contributed by atoms with Crippen molar-refractivity contribution in [3.8, 4) is 6.07 Å². The van der Waals surface area contributed by atoms with Gasteiger partial charge in [-0.15, -0.1) is 11.3 Å². The van der Waals surface area contributed by atoms with E-state index in [2.05, 4.69) is 38.8 Å². The number of hydrogen-bond acceptors (Lipinski definition) is 3. The number of nitrogens with zero attached hydrogens (tertiary/aromatic N) is 1. The number of hydrogen-bond donors (Lipinski definition) is 1. The van der Waals surface area contributed by atoms with Crippen LogP contribution in [0.25, 0.3) is 0 Å². The second-order valence-electron chi connectivity index (χ2n) is 4.17. The van der Waals surface area contributed by atoms with Gasteiger partial charge in [-0.3, -0.25) is 0 Å². The Labute approximate surface area is 102 Å². The highest BCUT2D eigenvalue weighted by Crippen LogP contribution is 2.47. The molecule has 4 heteroatoms. The Bertz CT molecular complexity index is 376. The number of nitriles is 1. The Morgan fingerprint density at radius 1 is 1.60 bits per heavy atom. The maximum atomic E-state index is 8.68. The molecule has 1 heterocycles. The first-order valence-electron chi connectivity index (χ1n) is 5.05. The summed E-state index contributed by atoms with van der Waals surface area (Å²) in [5.74, 6) is 0. The van der Waals surface area contributed by atoms with E-state index in [1.807, 2.05) is 0 Å². The van der Waals surface area contributed by atoms with Gasteiger partial charge in [0.15, 0.2) is 0 Å². The summed E-state index contributed by atoms with van der Waals surface area (Å²) < 4.78 is 1.16. The predicted octanol–water partition coefficient (Wildman–Crippen LogP) is 3.29. The summed E-state index contributed by atoms with van der Waals surface area (Å²) >= 11 is 5.20. The molecule has 0 bridgehead atoms. The second kappa shape index (κ2) is 4.65. The molecule has 1 N–H and O–H groups in total. The lowest BCUT2D eigenvalue weighted by atomic mass is 10.0. The Kier molecular flexibility index (Phi) is 3.45. The van der Waals surface area contributed by atoms with Gasteiger partial charge in [0.25, 0.3) is 0 Å². The molecule has 0 amide bonds. The average molecular weight is 285 g/mol. The number of nitrogens with one attached hydrogen (secondary N) is 1. The molecule has 0 aromatic carbocycles. The zero-order valence-electron chi connectivity index (χ0n) is 8.42. The van der Waals surface area contributed by atoms with Gasteiger partial charge in [0.05, 0.1) is 6.07 Å². The zero-order valence-corrected chi connectivity index (χ0v) is 10.8. The normalized spacial score (nSPS) is 17.3. The minimum atomic E-state index is 0.309. The summed E-state index contributed by atoms with van der Waals surface area (Å²) in [7, 11) is 0. The lowest BCUT2D eigenvalue weighted by Crippen LogP contribution is -2.22. The number of rotatable bonds is 5. The maximum Gasteiger partial charge on any atom is 0.0628 e. The summed E-state index contributed by atoms with van der Waals surface area (Å²) in [6.07, 6.45) is 3.12. The third-order valence-electron chi connectivity index (χ3n) is 2.83. The Balaban J connectivity index is 1.74. The second-order valence-corrected chi connectivity index (χ2v) is 6.08. The summed E-state index contributed by atoms with van der Waals surface area (Å²) in [6, 6.07) is 4.42. The van der Waals surface area contributed by atoms with E-state index in [4.69, 9.17) is 5.26 Å². The molecule has 1 aliphatic rings. The van der Waals surface area contributed by atoms with Crippen molar-refractivity contribution in [3.05, 3.63) is 20.8 Å². The first kappa shape index (κ1) is 11.1. The molecule has 0 unspecified atom stereocenters. The summed E-state index contributed by atoms with van der Waals surface area (Å²) in [5, 5.41) is 14.2. The van der Waals surface area contributed by atoms with Crippen molar-refractivity contribution in [2.45, 2.75) is 25.8 Å². The molecule has 1 aromatic heterocycles. The predicted molar refractivity (Wildman–Crippen MR) is 65.6 cm³/mol. The van der Waals surface area contributed by atoms with Gasteiger partial charge in [-0.05, 0) is 40.3 Å². The monoisotopic (exact) mass is 284 g/mol. The molecule has 15 heavy (non-hydrogen) atoms. The quantitative estimate of drug-likeness (QED) is 0.901. The van der Waals surface area contributed by atoms with Crippen LogP contribution in [-0.2, 0) is 6.54 Å². The molecule has 0 saturated heterocycles. The van der Waals surface area contributed by atoms with Gasteiger partial charge in [0.2, 0.25) is 0 Å². The van der Waals surface area contributed by atoms with Crippen LogP contribution in [0, 0.1) is 16.7 Å². The Morgan fingerprint density at radius 3 is 2.93 bits per heavy atom. The van der Waals surface area contributed by atoms with E-state index in [1.54, 1.807) is 11.3 Å². The van der Waals surface area contributed by atoms with Crippen molar-refractivity contribution in [1.29, 1.82) is 5.26 Å². The van der Waals surface area contributed by atoms with Crippen LogP contribution in [0.2, 0.25) is 0 Å². The van der Waals surface area contributed by atoms with Crippen LogP contribution in [0.4, 0.5) is 0 Å². The van der Waals surface area contributed by atoms with Crippen molar-refractivity contribution in [2.75, 3.05) is 6.54 Å². The van der Waals surface area contributed by atoms with E-state index in [9.17, 15) is 0 Å². The molecular formula is C11H13BrN2S. The van der Waals surface area contributed by atoms with Crippen LogP contribution < -0.4 is 5.32 Å². The van der Waals surface area contributed by atoms with Gasteiger partial charge in [-0.25, -0.2) is 0 Å². The van der Waals surface area contributed by atoms with E-state index >= 15 is 0 Å². The van der Waals surface area contributed by atoms with Gasteiger partial charge in [-0.2, -0.15) is 5.26 Å². The van der Waals surface area contributed by atoms with E-state index in [-0.39, 0.29) is 0 Å². The van der Waals surface area contributed by atoms with Crippen molar-refractivity contribution >= 4 is 27.3 Å². The topological polar surface area (TPSA) is 35.8 Å². The molecule has 0 spiro atoms. The molecule has 0 radical (unpaired) electrons. The van der Waals surface area contributed by atoms with E-state index in [0.29, 0.717) is 11.8 Å². The van der Waals surface area contributed by atoms with Gasteiger partial charge in [-0.1, -0.05) is 0 Å². The Morgan fingerprint density at radius 2 is 2.40 bits per heavy atom. The highest BCUT2D eigenvalue weighted by atomic mass is 79.9. The largest absolute Gasteiger partial charge is 0.311 e. The van der Waals surface area contributed by atoms with Crippen molar-refractivity contribution in [3.63, 3.8) is 0 Å². The highest BCUT2D eigenvalue weighted by Gasteiger charge is 2.41. The summed E-state index contributed by atoms with van der Waals surface area (Å²) in [5.41, 5.74) is 0.309. The zero-order chi connectivity index (χ0) is 10.7. The van der Waals surface area contributed by atoms with Crippen molar-refractivity contribution in [2.24, 2.45) is 5.41 Å². The molecule has 80 valence electrons. The van der Waals surface area contributed by atoms with Crippen LogP contribution >= 0.6 is 27.3 Å².